The Bertz CT molecular complexity index is 889. The summed E-state index contributed by atoms with van der Waals surface area (Å²) in [5.41, 5.74) is 2.30. The number of ether oxygens (including phenoxy) is 1. The van der Waals surface area contributed by atoms with Gasteiger partial charge in [0.25, 0.3) is 11.6 Å². The van der Waals surface area contributed by atoms with E-state index in [0.29, 0.717) is 11.1 Å². The van der Waals surface area contributed by atoms with Gasteiger partial charge in [-0.2, -0.15) is 0 Å². The van der Waals surface area contributed by atoms with Gasteiger partial charge >= 0.3 is 0 Å². The summed E-state index contributed by atoms with van der Waals surface area (Å²) in [5, 5.41) is 11.1. The van der Waals surface area contributed by atoms with Gasteiger partial charge in [-0.15, -0.1) is 0 Å². The first-order valence-electron chi connectivity index (χ1n) is 8.41. The lowest BCUT2D eigenvalue weighted by molar-refractivity contribution is -0.384. The lowest BCUT2D eigenvalue weighted by atomic mass is 9.85. The van der Waals surface area contributed by atoms with Crippen LogP contribution in [-0.4, -0.2) is 10.8 Å². The molecule has 2 heterocycles. The van der Waals surface area contributed by atoms with E-state index in [2.05, 4.69) is 13.8 Å². The first kappa shape index (κ1) is 15.8. The molecule has 0 fully saturated rings. The van der Waals surface area contributed by atoms with Crippen molar-refractivity contribution in [2.75, 3.05) is 4.90 Å². The summed E-state index contributed by atoms with van der Waals surface area (Å²) in [6.45, 7) is 4.15. The molecular formula is C19H18N2O4. The largest absolute Gasteiger partial charge is 0.342 e. The van der Waals surface area contributed by atoms with Crippen LogP contribution in [0, 0.1) is 10.1 Å². The minimum absolute atomic E-state index is 0.0857. The Morgan fingerprint density at radius 3 is 2.60 bits per heavy atom. The predicted octanol–water partition coefficient (Wildman–Crippen LogP) is 4.30. The molecule has 128 valence electrons. The Morgan fingerprint density at radius 2 is 1.92 bits per heavy atom. The molecule has 4 rings (SSSR count). The number of para-hydroxylation sites is 1. The second kappa shape index (κ2) is 5.39. The van der Waals surface area contributed by atoms with Gasteiger partial charge in [0.1, 0.15) is 0 Å². The number of benzene rings is 2. The predicted molar refractivity (Wildman–Crippen MR) is 92.4 cm³/mol. The van der Waals surface area contributed by atoms with E-state index in [1.54, 1.807) is 11.0 Å². The van der Waals surface area contributed by atoms with Crippen molar-refractivity contribution in [1.29, 1.82) is 0 Å². The number of anilines is 1. The zero-order valence-corrected chi connectivity index (χ0v) is 14.1. The van der Waals surface area contributed by atoms with Crippen LogP contribution in [0.2, 0.25) is 0 Å². The lowest BCUT2D eigenvalue weighted by Gasteiger charge is -2.45. The van der Waals surface area contributed by atoms with Gasteiger partial charge in [0.2, 0.25) is 0 Å². The molecule has 25 heavy (non-hydrogen) atoms. The highest BCUT2D eigenvalue weighted by molar-refractivity contribution is 6.11. The quantitative estimate of drug-likeness (QED) is 0.618. The zero-order valence-electron chi connectivity index (χ0n) is 14.1. The van der Waals surface area contributed by atoms with Crippen LogP contribution in [-0.2, 0) is 10.3 Å². The molecule has 2 aliphatic heterocycles. The maximum atomic E-state index is 13.0. The van der Waals surface area contributed by atoms with Gasteiger partial charge in [0.15, 0.2) is 6.23 Å². The standard InChI is InChI=1S/C19H18N2O4/c1-3-19(4-2)15-7-5-6-8-16(15)20-17(22)14-11-12(21(23)24)9-10-13(14)18(20)25-19/h5-11,18H,3-4H2,1-2H3. The fourth-order valence-electron chi connectivity index (χ4n) is 3.93. The van der Waals surface area contributed by atoms with E-state index in [-0.39, 0.29) is 11.6 Å². The minimum atomic E-state index is -0.543. The van der Waals surface area contributed by atoms with Crippen LogP contribution in [0.4, 0.5) is 11.4 Å². The van der Waals surface area contributed by atoms with Crippen molar-refractivity contribution in [3.8, 4) is 0 Å². The molecule has 6 heteroatoms. The van der Waals surface area contributed by atoms with E-state index in [4.69, 9.17) is 4.74 Å². The van der Waals surface area contributed by atoms with Gasteiger partial charge < -0.3 is 4.74 Å². The zero-order chi connectivity index (χ0) is 17.8. The van der Waals surface area contributed by atoms with Gasteiger partial charge in [0.05, 0.1) is 21.8 Å². The Hall–Kier alpha value is -2.73. The first-order chi connectivity index (χ1) is 12.0. The van der Waals surface area contributed by atoms with Crippen LogP contribution >= 0.6 is 0 Å². The van der Waals surface area contributed by atoms with E-state index in [1.165, 1.54) is 12.1 Å². The number of rotatable bonds is 3. The van der Waals surface area contributed by atoms with Gasteiger partial charge in [-0.05, 0) is 25.0 Å². The Morgan fingerprint density at radius 1 is 1.20 bits per heavy atom. The van der Waals surface area contributed by atoms with Gasteiger partial charge in [0, 0.05) is 23.3 Å². The number of nitro groups is 1. The number of carbonyl (C=O) groups is 1. The molecule has 0 saturated carbocycles. The van der Waals surface area contributed by atoms with Crippen molar-refractivity contribution in [3.63, 3.8) is 0 Å². The van der Waals surface area contributed by atoms with E-state index in [1.807, 2.05) is 24.3 Å². The molecule has 0 spiro atoms. The summed E-state index contributed by atoms with van der Waals surface area (Å²) in [7, 11) is 0. The number of fused-ring (bicyclic) bond motifs is 5. The van der Waals surface area contributed by atoms with Crippen molar-refractivity contribution in [1.82, 2.24) is 0 Å². The number of hydrogen-bond donors (Lipinski definition) is 0. The highest BCUT2D eigenvalue weighted by Gasteiger charge is 2.49. The van der Waals surface area contributed by atoms with Crippen molar-refractivity contribution in [2.24, 2.45) is 0 Å². The number of hydrogen-bond acceptors (Lipinski definition) is 4. The molecule has 0 aromatic heterocycles. The fraction of sp³-hybridized carbons (Fsp3) is 0.316. The lowest BCUT2D eigenvalue weighted by Crippen LogP contribution is -2.43. The van der Waals surface area contributed by atoms with Crippen molar-refractivity contribution in [2.45, 2.75) is 38.5 Å². The van der Waals surface area contributed by atoms with Crippen LogP contribution in [0.1, 0.15) is 54.4 Å². The molecule has 0 radical (unpaired) electrons. The number of amides is 1. The maximum Gasteiger partial charge on any atom is 0.270 e. The smallest absolute Gasteiger partial charge is 0.270 e. The fourth-order valence-corrected chi connectivity index (χ4v) is 3.93. The van der Waals surface area contributed by atoms with Crippen molar-refractivity contribution >= 4 is 17.3 Å². The Labute approximate surface area is 145 Å². The number of carbonyl (C=O) groups excluding carboxylic acids is 1. The highest BCUT2D eigenvalue weighted by Crippen LogP contribution is 2.52. The molecule has 1 atom stereocenters. The molecule has 1 amide bonds. The Kier molecular flexibility index (Phi) is 3.40. The molecular weight excluding hydrogens is 320 g/mol. The third-order valence-electron chi connectivity index (χ3n) is 5.33. The average Bonchev–Trinajstić information content (AvgIpc) is 2.92. The first-order valence-corrected chi connectivity index (χ1v) is 8.41. The minimum Gasteiger partial charge on any atom is -0.342 e. The van der Waals surface area contributed by atoms with Crippen LogP contribution in [0.3, 0.4) is 0 Å². The van der Waals surface area contributed by atoms with Crippen LogP contribution in [0.25, 0.3) is 0 Å². The second-order valence-electron chi connectivity index (χ2n) is 6.39. The van der Waals surface area contributed by atoms with E-state index < -0.39 is 16.8 Å². The molecule has 1 unspecified atom stereocenters. The van der Waals surface area contributed by atoms with Gasteiger partial charge in [-0.1, -0.05) is 32.0 Å². The van der Waals surface area contributed by atoms with E-state index in [0.717, 1.165) is 24.1 Å². The molecule has 0 bridgehead atoms. The van der Waals surface area contributed by atoms with Crippen molar-refractivity contribution in [3.05, 3.63) is 69.3 Å². The highest BCUT2D eigenvalue weighted by atomic mass is 16.6. The van der Waals surface area contributed by atoms with Crippen LogP contribution in [0.15, 0.2) is 42.5 Å². The van der Waals surface area contributed by atoms with Crippen LogP contribution in [0.5, 0.6) is 0 Å². The van der Waals surface area contributed by atoms with Crippen molar-refractivity contribution < 1.29 is 14.5 Å². The Balaban J connectivity index is 1.92. The molecule has 2 aromatic rings. The summed E-state index contributed by atoms with van der Waals surface area (Å²) in [6.07, 6.45) is 1.01. The summed E-state index contributed by atoms with van der Waals surface area (Å²) >= 11 is 0. The summed E-state index contributed by atoms with van der Waals surface area (Å²) < 4.78 is 6.46. The number of non-ortho nitro benzene ring substituents is 1. The second-order valence-corrected chi connectivity index (χ2v) is 6.39. The molecule has 6 nitrogen and oxygen atoms in total. The van der Waals surface area contributed by atoms with Gasteiger partial charge in [-0.3, -0.25) is 19.8 Å². The SMILES string of the molecule is CCC1(CC)OC2c3ccc([N+](=O)[O-])cc3C(=O)N2c2ccccc21. The summed E-state index contributed by atoms with van der Waals surface area (Å²) in [5.74, 6) is -0.253. The monoisotopic (exact) mass is 338 g/mol. The summed E-state index contributed by atoms with van der Waals surface area (Å²) in [4.78, 5) is 25.2. The number of nitrogens with zero attached hydrogens (tertiary/aromatic N) is 2. The molecule has 2 aromatic carbocycles. The van der Waals surface area contributed by atoms with Crippen LogP contribution < -0.4 is 4.90 Å². The topological polar surface area (TPSA) is 72.7 Å². The molecule has 0 N–H and O–H groups in total. The summed E-state index contributed by atoms with van der Waals surface area (Å²) in [6, 6.07) is 12.2. The average molecular weight is 338 g/mol. The van der Waals surface area contributed by atoms with E-state index >= 15 is 0 Å². The van der Waals surface area contributed by atoms with E-state index in [9.17, 15) is 14.9 Å². The number of nitro benzene ring substituents is 1. The van der Waals surface area contributed by atoms with Gasteiger partial charge in [-0.25, -0.2) is 0 Å². The molecule has 0 aliphatic carbocycles. The third-order valence-corrected chi connectivity index (χ3v) is 5.33. The molecule has 0 saturated heterocycles. The third kappa shape index (κ3) is 2.04. The molecule has 2 aliphatic rings. The maximum absolute atomic E-state index is 13.0. The normalized spacial score (nSPS) is 20.0.